The number of aromatic hydroxyl groups is 1. The van der Waals surface area contributed by atoms with Crippen LogP contribution >= 0.6 is 0 Å². The van der Waals surface area contributed by atoms with Crippen molar-refractivity contribution < 1.29 is 14.6 Å². The number of nitriles is 1. The summed E-state index contributed by atoms with van der Waals surface area (Å²) >= 11 is 0. The van der Waals surface area contributed by atoms with Crippen LogP contribution in [-0.4, -0.2) is 22.4 Å². The third-order valence-electron chi connectivity index (χ3n) is 4.52. The molecule has 0 saturated carbocycles. The Morgan fingerprint density at radius 2 is 2.04 bits per heavy atom. The number of allylic oxidation sites excluding steroid dienone is 1. The number of nitrogens with zero attached hydrogens (tertiary/aromatic N) is 2. The van der Waals surface area contributed by atoms with Crippen LogP contribution in [0.1, 0.15) is 17.0 Å². The molecule has 2 aromatic carbocycles. The first-order valence-electron chi connectivity index (χ1n) is 8.21. The summed E-state index contributed by atoms with van der Waals surface area (Å²) in [5, 5.41) is 26.8. The number of ether oxygens (including phenoxy) is 2. The Hall–Kier alpha value is -3.92. The van der Waals surface area contributed by atoms with E-state index in [2.05, 4.69) is 16.3 Å². The third-order valence-corrected chi connectivity index (χ3v) is 4.52. The van der Waals surface area contributed by atoms with Crippen LogP contribution in [0.15, 0.2) is 60.0 Å². The van der Waals surface area contributed by atoms with Gasteiger partial charge in [-0.25, -0.2) is 0 Å². The molecule has 7 nitrogen and oxygen atoms in total. The van der Waals surface area contributed by atoms with Gasteiger partial charge in [-0.3, -0.25) is 5.10 Å². The molecule has 4 rings (SSSR count). The van der Waals surface area contributed by atoms with Gasteiger partial charge in [0.1, 0.15) is 23.1 Å². The lowest BCUT2D eigenvalue weighted by Gasteiger charge is -2.24. The van der Waals surface area contributed by atoms with Crippen LogP contribution in [0.2, 0.25) is 0 Å². The summed E-state index contributed by atoms with van der Waals surface area (Å²) in [6, 6.07) is 16.3. The number of hydrogen-bond acceptors (Lipinski definition) is 6. The molecule has 0 unspecified atom stereocenters. The van der Waals surface area contributed by atoms with E-state index >= 15 is 0 Å². The van der Waals surface area contributed by atoms with Crippen molar-refractivity contribution in [2.45, 2.75) is 5.92 Å². The van der Waals surface area contributed by atoms with Crippen LogP contribution in [0.25, 0.3) is 11.3 Å². The molecule has 1 aliphatic rings. The summed E-state index contributed by atoms with van der Waals surface area (Å²) in [4.78, 5) is 0. The second-order valence-corrected chi connectivity index (χ2v) is 6.07. The lowest BCUT2D eigenvalue weighted by atomic mass is 9.83. The number of hydrogen-bond donors (Lipinski definition) is 3. The lowest BCUT2D eigenvalue weighted by Crippen LogP contribution is -2.20. The first-order valence-corrected chi connectivity index (χ1v) is 8.21. The molecule has 134 valence electrons. The maximum absolute atomic E-state index is 9.91. The molecule has 4 N–H and O–H groups in total. The standard InChI is InChI=1S/C20H16N4O3/c1-26-14-7-5-11(6-8-14)18-17-16(12-3-2-4-13(25)9-12)15(10-21)19(22)27-20(17)24-23-18/h2-9,16,25H,22H2,1H3,(H,23,24)/t16-/m0/s1. The van der Waals surface area contributed by atoms with Gasteiger partial charge in [-0.05, 0) is 42.0 Å². The average Bonchev–Trinajstić information content (AvgIpc) is 3.10. The van der Waals surface area contributed by atoms with E-state index in [0.29, 0.717) is 17.1 Å². The van der Waals surface area contributed by atoms with Crippen LogP contribution < -0.4 is 15.2 Å². The minimum atomic E-state index is -0.512. The minimum absolute atomic E-state index is 0.00567. The SMILES string of the molecule is COc1ccc(-c2[nH]nc3c2[C@@H](c2cccc(O)c2)C(C#N)=C(N)O3)cc1. The van der Waals surface area contributed by atoms with Crippen molar-refractivity contribution in [3.63, 3.8) is 0 Å². The van der Waals surface area contributed by atoms with Crippen LogP contribution in [0, 0.1) is 11.3 Å². The third kappa shape index (κ3) is 2.73. The number of benzene rings is 2. The highest BCUT2D eigenvalue weighted by Gasteiger charge is 2.35. The van der Waals surface area contributed by atoms with Crippen LogP contribution in [0.4, 0.5) is 0 Å². The Kier molecular flexibility index (Phi) is 3.94. The van der Waals surface area contributed by atoms with Crippen molar-refractivity contribution in [1.29, 1.82) is 5.26 Å². The second-order valence-electron chi connectivity index (χ2n) is 6.07. The van der Waals surface area contributed by atoms with Crippen molar-refractivity contribution in [1.82, 2.24) is 10.2 Å². The van der Waals surface area contributed by atoms with E-state index in [1.165, 1.54) is 0 Å². The topological polar surface area (TPSA) is 117 Å². The second kappa shape index (κ2) is 6.42. The zero-order valence-electron chi connectivity index (χ0n) is 14.4. The van der Waals surface area contributed by atoms with Crippen molar-refractivity contribution >= 4 is 0 Å². The summed E-state index contributed by atoms with van der Waals surface area (Å²) in [5.74, 6) is 0.638. The van der Waals surface area contributed by atoms with E-state index in [9.17, 15) is 10.4 Å². The van der Waals surface area contributed by atoms with Crippen molar-refractivity contribution in [3.8, 4) is 34.7 Å². The van der Waals surface area contributed by atoms with Gasteiger partial charge < -0.3 is 20.3 Å². The van der Waals surface area contributed by atoms with Gasteiger partial charge in [-0.2, -0.15) is 5.26 Å². The smallest absolute Gasteiger partial charge is 0.244 e. The predicted molar refractivity (Wildman–Crippen MR) is 98.0 cm³/mol. The van der Waals surface area contributed by atoms with E-state index in [0.717, 1.165) is 16.9 Å². The zero-order valence-corrected chi connectivity index (χ0v) is 14.4. The molecule has 0 bridgehead atoms. The van der Waals surface area contributed by atoms with E-state index in [1.807, 2.05) is 30.3 Å². The zero-order chi connectivity index (χ0) is 19.0. The Labute approximate surface area is 155 Å². The molecule has 0 saturated heterocycles. The number of fused-ring (bicyclic) bond motifs is 1. The molecule has 1 aromatic heterocycles. The van der Waals surface area contributed by atoms with E-state index in [4.69, 9.17) is 15.2 Å². The number of nitrogens with two attached hydrogens (primary N) is 1. The maximum Gasteiger partial charge on any atom is 0.244 e. The van der Waals surface area contributed by atoms with Gasteiger partial charge in [0.05, 0.1) is 24.3 Å². The number of phenolic OH excluding ortho intramolecular Hbond substituents is 1. The van der Waals surface area contributed by atoms with Crippen LogP contribution in [-0.2, 0) is 0 Å². The van der Waals surface area contributed by atoms with Gasteiger partial charge >= 0.3 is 0 Å². The lowest BCUT2D eigenvalue weighted by molar-refractivity contribution is 0.378. The normalized spacial score (nSPS) is 15.6. The van der Waals surface area contributed by atoms with Gasteiger partial charge in [0.2, 0.25) is 11.8 Å². The van der Waals surface area contributed by atoms with Gasteiger partial charge in [0.15, 0.2) is 0 Å². The number of phenols is 1. The molecule has 2 heterocycles. The predicted octanol–water partition coefficient (Wildman–Crippen LogP) is 3.01. The summed E-state index contributed by atoms with van der Waals surface area (Å²) in [5.41, 5.74) is 9.20. The van der Waals surface area contributed by atoms with E-state index in [1.54, 1.807) is 25.3 Å². The molecular formula is C20H16N4O3. The summed E-state index contributed by atoms with van der Waals surface area (Å²) in [6.07, 6.45) is 0. The quantitative estimate of drug-likeness (QED) is 0.661. The molecule has 1 atom stereocenters. The number of H-pyrrole nitrogens is 1. The fourth-order valence-corrected chi connectivity index (χ4v) is 3.26. The molecule has 0 fully saturated rings. The monoisotopic (exact) mass is 360 g/mol. The average molecular weight is 360 g/mol. The first kappa shape index (κ1) is 16.5. The number of aromatic nitrogens is 2. The highest BCUT2D eigenvalue weighted by molar-refractivity contribution is 5.71. The molecule has 27 heavy (non-hydrogen) atoms. The molecule has 0 amide bonds. The summed E-state index contributed by atoms with van der Waals surface area (Å²) < 4.78 is 10.8. The van der Waals surface area contributed by atoms with Gasteiger partial charge in [-0.1, -0.05) is 12.1 Å². The Bertz CT molecular complexity index is 1080. The largest absolute Gasteiger partial charge is 0.508 e. The van der Waals surface area contributed by atoms with Crippen molar-refractivity contribution in [3.05, 3.63) is 71.1 Å². The summed E-state index contributed by atoms with van der Waals surface area (Å²) in [6.45, 7) is 0. The molecule has 0 spiro atoms. The molecule has 0 radical (unpaired) electrons. The fourth-order valence-electron chi connectivity index (χ4n) is 3.26. The number of rotatable bonds is 3. The molecular weight excluding hydrogens is 344 g/mol. The number of nitrogens with one attached hydrogen (secondary N) is 1. The minimum Gasteiger partial charge on any atom is -0.508 e. The fraction of sp³-hybridized carbons (Fsp3) is 0.100. The van der Waals surface area contributed by atoms with Crippen LogP contribution in [0.5, 0.6) is 17.4 Å². The van der Waals surface area contributed by atoms with Gasteiger partial charge in [0, 0.05) is 5.56 Å². The molecule has 1 aliphatic heterocycles. The van der Waals surface area contributed by atoms with Gasteiger partial charge in [0.25, 0.3) is 0 Å². The Balaban J connectivity index is 1.92. The van der Waals surface area contributed by atoms with Gasteiger partial charge in [-0.15, -0.1) is 5.10 Å². The van der Waals surface area contributed by atoms with E-state index < -0.39 is 5.92 Å². The Morgan fingerprint density at radius 1 is 1.26 bits per heavy atom. The number of aromatic amines is 1. The number of methoxy groups -OCH3 is 1. The van der Waals surface area contributed by atoms with Crippen LogP contribution in [0.3, 0.4) is 0 Å². The van der Waals surface area contributed by atoms with E-state index in [-0.39, 0.29) is 17.2 Å². The molecule has 7 heteroatoms. The maximum atomic E-state index is 9.91. The summed E-state index contributed by atoms with van der Waals surface area (Å²) in [7, 11) is 1.60. The van der Waals surface area contributed by atoms with Crippen molar-refractivity contribution in [2.75, 3.05) is 7.11 Å². The molecule has 3 aromatic rings. The molecule has 0 aliphatic carbocycles. The highest BCUT2D eigenvalue weighted by Crippen LogP contribution is 2.46. The highest BCUT2D eigenvalue weighted by atomic mass is 16.5. The van der Waals surface area contributed by atoms with Crippen molar-refractivity contribution in [2.24, 2.45) is 5.73 Å². The first-order chi connectivity index (χ1) is 13.1. The Morgan fingerprint density at radius 3 is 2.70 bits per heavy atom.